The third kappa shape index (κ3) is 8.73. The summed E-state index contributed by atoms with van der Waals surface area (Å²) in [5, 5.41) is 23.0. The minimum atomic E-state index is -1.11. The molecule has 5 aromatic rings. The third-order valence-corrected chi connectivity index (χ3v) is 10.8. The minimum Gasteiger partial charge on any atom is -0.489 e. The van der Waals surface area contributed by atoms with Gasteiger partial charge in [-0.2, -0.15) is 5.26 Å². The number of amides is 1. The molecule has 0 aliphatic carbocycles. The maximum atomic E-state index is 13.9. The van der Waals surface area contributed by atoms with E-state index in [1.165, 1.54) is 0 Å². The van der Waals surface area contributed by atoms with Crippen molar-refractivity contribution >= 4 is 35.1 Å². The van der Waals surface area contributed by atoms with Crippen molar-refractivity contribution in [3.05, 3.63) is 147 Å². The molecule has 2 aliphatic heterocycles. The highest BCUT2D eigenvalue weighted by atomic mass is 35.5. The lowest BCUT2D eigenvalue weighted by atomic mass is 9.91. The second kappa shape index (κ2) is 16.5. The second-order valence-electron chi connectivity index (χ2n) is 14.1. The average molecular weight is 777 g/mol. The molecule has 0 radical (unpaired) electrons. The van der Waals surface area contributed by atoms with Crippen LogP contribution in [0.2, 0.25) is 10.0 Å². The first kappa shape index (κ1) is 37.8. The molecule has 9 nitrogen and oxygen atoms in total. The lowest BCUT2D eigenvalue weighted by Crippen LogP contribution is -2.56. The Balaban J connectivity index is 0.994. The summed E-state index contributed by atoms with van der Waals surface area (Å²) in [6.45, 7) is 5.21. The quantitative estimate of drug-likeness (QED) is 0.137. The highest BCUT2D eigenvalue weighted by Gasteiger charge is 2.36. The van der Waals surface area contributed by atoms with Crippen molar-refractivity contribution in [1.82, 2.24) is 10.2 Å². The van der Waals surface area contributed by atoms with E-state index in [9.17, 15) is 14.7 Å². The normalized spacial score (nSPS) is 16.8. The van der Waals surface area contributed by atoms with Gasteiger partial charge in [-0.1, -0.05) is 77.8 Å². The van der Waals surface area contributed by atoms with Crippen molar-refractivity contribution in [2.75, 3.05) is 6.61 Å². The van der Waals surface area contributed by atoms with Crippen LogP contribution < -0.4 is 19.5 Å². The van der Waals surface area contributed by atoms with E-state index in [1.54, 1.807) is 24.3 Å². The zero-order chi connectivity index (χ0) is 38.6. The number of fused-ring (bicyclic) bond motifs is 2. The molecule has 7 rings (SSSR count). The molecule has 0 spiro atoms. The number of hydrogen-bond donors (Lipinski definition) is 2. The van der Waals surface area contributed by atoms with E-state index in [0.29, 0.717) is 59.0 Å². The van der Waals surface area contributed by atoms with E-state index in [0.717, 1.165) is 38.9 Å². The number of nitrogens with zero attached hydrogens (tertiary/aromatic N) is 2. The first-order chi connectivity index (χ1) is 26.5. The summed E-state index contributed by atoms with van der Waals surface area (Å²) < 4.78 is 18.6. The summed E-state index contributed by atoms with van der Waals surface area (Å²) >= 11 is 12.2. The smallest absolute Gasteiger partial charge is 0.326 e. The number of nitriles is 1. The summed E-state index contributed by atoms with van der Waals surface area (Å²) in [5.41, 5.74) is 7.12. The van der Waals surface area contributed by atoms with Crippen LogP contribution in [0.4, 0.5) is 0 Å². The summed E-state index contributed by atoms with van der Waals surface area (Å²) in [6.07, 6.45) is 0.209. The highest BCUT2D eigenvalue weighted by Crippen LogP contribution is 2.41. The van der Waals surface area contributed by atoms with Gasteiger partial charge >= 0.3 is 5.97 Å². The molecule has 0 saturated carbocycles. The molecule has 2 aliphatic rings. The van der Waals surface area contributed by atoms with Gasteiger partial charge in [0.2, 0.25) is 5.91 Å². The van der Waals surface area contributed by atoms with E-state index < -0.39 is 18.1 Å². The zero-order valence-electron chi connectivity index (χ0n) is 30.3. The lowest BCUT2D eigenvalue weighted by Gasteiger charge is -2.39. The molecule has 5 aromatic carbocycles. The molecule has 55 heavy (non-hydrogen) atoms. The molecule has 2 heterocycles. The van der Waals surface area contributed by atoms with Crippen molar-refractivity contribution in [1.29, 1.82) is 5.26 Å². The number of carboxylic acid groups (broad SMARTS) is 1. The Morgan fingerprint density at radius 3 is 2.22 bits per heavy atom. The number of hydrogen-bond acceptors (Lipinski definition) is 7. The molecule has 0 bridgehead atoms. The number of halogens is 2. The fourth-order valence-electron chi connectivity index (χ4n) is 6.97. The standard InChI is InChI=1S/C44H39Cl2N3O6/c1-26(2)49-23-34-21-41-40(54-25-42(55-41)32-12-14-35(15-13-32)53-24-29-7-16-36(45)37(46)17-29)20-33(34)19-39(49)43(50)48-38(44(51)52)18-27-3-8-30(9-4-27)31-10-5-28(22-47)6-11-31/h3-17,20-21,26,38-39,42H,18-19,23-25H2,1-2H3,(H,48,50)(H,51,52)/t38-,39?,42+/m0/s1. The molecule has 0 aromatic heterocycles. The molecule has 3 atom stereocenters. The Kier molecular flexibility index (Phi) is 11.3. The van der Waals surface area contributed by atoms with Crippen LogP contribution in [0.3, 0.4) is 0 Å². The van der Waals surface area contributed by atoms with Gasteiger partial charge in [-0.05, 0) is 108 Å². The predicted octanol–water partition coefficient (Wildman–Crippen LogP) is 8.57. The fourth-order valence-corrected chi connectivity index (χ4v) is 7.29. The van der Waals surface area contributed by atoms with Crippen LogP contribution in [-0.2, 0) is 35.6 Å². The Morgan fingerprint density at radius 1 is 0.891 bits per heavy atom. The Hall–Kier alpha value is -5.53. The van der Waals surface area contributed by atoms with Gasteiger partial charge in [0.05, 0.1) is 27.7 Å². The monoisotopic (exact) mass is 775 g/mol. The number of carboxylic acids is 1. The minimum absolute atomic E-state index is 0.0142. The van der Waals surface area contributed by atoms with Crippen LogP contribution in [0.25, 0.3) is 11.1 Å². The molecule has 1 amide bonds. The largest absolute Gasteiger partial charge is 0.489 e. The van der Waals surface area contributed by atoms with Crippen molar-refractivity contribution < 1.29 is 28.9 Å². The van der Waals surface area contributed by atoms with E-state index in [-0.39, 0.29) is 24.5 Å². The predicted molar refractivity (Wildman–Crippen MR) is 211 cm³/mol. The van der Waals surface area contributed by atoms with Gasteiger partial charge in [0.15, 0.2) is 17.6 Å². The highest BCUT2D eigenvalue weighted by molar-refractivity contribution is 6.42. The molecule has 1 unspecified atom stereocenters. The molecule has 0 saturated heterocycles. The summed E-state index contributed by atoms with van der Waals surface area (Å²) in [5.74, 6) is 0.522. The van der Waals surface area contributed by atoms with E-state index in [4.69, 9.17) is 42.7 Å². The first-order valence-electron chi connectivity index (χ1n) is 18.0. The van der Waals surface area contributed by atoms with Gasteiger partial charge in [-0.15, -0.1) is 0 Å². The van der Waals surface area contributed by atoms with Gasteiger partial charge in [0, 0.05) is 19.0 Å². The summed E-state index contributed by atoms with van der Waals surface area (Å²) in [6, 6.07) is 32.4. The van der Waals surface area contributed by atoms with E-state index in [1.807, 2.05) is 92.7 Å². The maximum absolute atomic E-state index is 13.9. The van der Waals surface area contributed by atoms with Crippen molar-refractivity contribution in [2.45, 2.75) is 64.1 Å². The third-order valence-electron chi connectivity index (χ3n) is 10.1. The van der Waals surface area contributed by atoms with Gasteiger partial charge in [0.1, 0.15) is 25.0 Å². The number of ether oxygens (including phenoxy) is 3. The van der Waals surface area contributed by atoms with Crippen LogP contribution in [0, 0.1) is 11.3 Å². The Bertz CT molecular complexity index is 2240. The molecule has 280 valence electrons. The van der Waals surface area contributed by atoms with Gasteiger partial charge in [-0.25, -0.2) is 4.79 Å². The SMILES string of the molecule is CC(C)N1Cc2cc3c(cc2CC1C(=O)N[C@@H](Cc1ccc(-c2ccc(C#N)cc2)cc1)C(=O)O)OC[C@H](c1ccc(OCc2ccc(Cl)c(Cl)c2)cc1)O3. The molecular weight excluding hydrogens is 737 g/mol. The lowest BCUT2D eigenvalue weighted by molar-refractivity contribution is -0.143. The van der Waals surface area contributed by atoms with E-state index >= 15 is 0 Å². The Labute approximate surface area is 330 Å². The van der Waals surface area contributed by atoms with Crippen LogP contribution in [0.15, 0.2) is 103 Å². The molecular formula is C44H39Cl2N3O6. The van der Waals surface area contributed by atoms with Crippen LogP contribution >= 0.6 is 23.2 Å². The molecule has 2 N–H and O–H groups in total. The summed E-state index contributed by atoms with van der Waals surface area (Å²) in [4.78, 5) is 28.3. The number of carbonyl (C=O) groups is 2. The zero-order valence-corrected chi connectivity index (χ0v) is 31.8. The van der Waals surface area contributed by atoms with Crippen molar-refractivity contribution in [3.8, 4) is 34.4 Å². The summed E-state index contributed by atoms with van der Waals surface area (Å²) in [7, 11) is 0. The number of benzene rings is 5. The van der Waals surface area contributed by atoms with Crippen molar-refractivity contribution in [2.24, 2.45) is 0 Å². The van der Waals surface area contributed by atoms with E-state index in [2.05, 4.69) is 16.3 Å². The Morgan fingerprint density at radius 2 is 1.56 bits per heavy atom. The number of rotatable bonds is 11. The molecule has 11 heteroatoms. The van der Waals surface area contributed by atoms with Crippen LogP contribution in [-0.4, -0.2) is 46.6 Å². The van der Waals surface area contributed by atoms with Crippen molar-refractivity contribution in [3.63, 3.8) is 0 Å². The first-order valence-corrected chi connectivity index (χ1v) is 18.8. The second-order valence-corrected chi connectivity index (χ2v) is 14.9. The fraction of sp³-hybridized carbons (Fsp3) is 0.250. The molecule has 0 fully saturated rings. The number of carbonyl (C=O) groups excluding carboxylic acids is 1. The maximum Gasteiger partial charge on any atom is 0.326 e. The number of nitrogens with one attached hydrogen (secondary N) is 1. The van der Waals surface area contributed by atoms with Gasteiger partial charge in [0.25, 0.3) is 0 Å². The topological polar surface area (TPSA) is 121 Å². The van der Waals surface area contributed by atoms with Crippen LogP contribution in [0.1, 0.15) is 53.3 Å². The van der Waals surface area contributed by atoms with Gasteiger partial charge in [-0.3, -0.25) is 9.69 Å². The number of aliphatic carboxylic acids is 1. The van der Waals surface area contributed by atoms with Crippen LogP contribution in [0.5, 0.6) is 17.2 Å². The average Bonchev–Trinajstić information content (AvgIpc) is 3.20. The van der Waals surface area contributed by atoms with Gasteiger partial charge < -0.3 is 24.6 Å².